The minimum atomic E-state index is -0.670. The van der Waals surface area contributed by atoms with E-state index in [9.17, 15) is 9.90 Å². The summed E-state index contributed by atoms with van der Waals surface area (Å²) in [7, 11) is 1.54. The minimum absolute atomic E-state index is 0.140. The second-order valence-corrected chi connectivity index (χ2v) is 6.46. The molecular weight excluding hydrogens is 284 g/mol. The van der Waals surface area contributed by atoms with E-state index >= 15 is 0 Å². The fraction of sp³-hybridized carbons (Fsp3) is 0.562. The van der Waals surface area contributed by atoms with Gasteiger partial charge in [-0.2, -0.15) is 0 Å². The van der Waals surface area contributed by atoms with Gasteiger partial charge in [-0.15, -0.1) is 0 Å². The first-order chi connectivity index (χ1) is 10.1. The van der Waals surface area contributed by atoms with Crippen molar-refractivity contribution in [1.29, 1.82) is 0 Å². The topological polar surface area (TPSA) is 93.8 Å². The lowest BCUT2D eigenvalue weighted by Gasteiger charge is -2.29. The molecule has 0 spiro atoms. The summed E-state index contributed by atoms with van der Waals surface area (Å²) < 4.78 is 10.5. The molecule has 0 radical (unpaired) electrons. The van der Waals surface area contributed by atoms with Crippen LogP contribution in [0.15, 0.2) is 18.2 Å². The van der Waals surface area contributed by atoms with E-state index in [1.54, 1.807) is 46.1 Å². The molecule has 0 bridgehead atoms. The Kier molecular flexibility index (Phi) is 5.79. The van der Waals surface area contributed by atoms with E-state index in [-0.39, 0.29) is 13.2 Å². The summed E-state index contributed by atoms with van der Waals surface area (Å²) in [6.07, 6.45) is -0.570. The van der Waals surface area contributed by atoms with E-state index in [0.717, 1.165) is 5.56 Å². The summed E-state index contributed by atoms with van der Waals surface area (Å²) in [5.41, 5.74) is 5.75. The van der Waals surface area contributed by atoms with Gasteiger partial charge in [-0.05, 0) is 32.4 Å². The lowest BCUT2D eigenvalue weighted by Crippen LogP contribution is -2.37. The molecule has 0 aliphatic heterocycles. The summed E-state index contributed by atoms with van der Waals surface area (Å²) >= 11 is 0. The molecule has 1 aromatic rings. The number of hydrogen-bond donors (Lipinski definition) is 3. The normalized spacial score (nSPS) is 14.1. The van der Waals surface area contributed by atoms with Gasteiger partial charge in [-0.3, -0.25) is 5.32 Å². The number of anilines is 1. The second-order valence-electron chi connectivity index (χ2n) is 6.46. The van der Waals surface area contributed by atoms with E-state index in [0.29, 0.717) is 11.4 Å². The predicted octanol–water partition coefficient (Wildman–Crippen LogP) is 2.25. The number of methoxy groups -OCH3 is 1. The van der Waals surface area contributed by atoms with Gasteiger partial charge < -0.3 is 20.3 Å². The van der Waals surface area contributed by atoms with Crippen LogP contribution in [0.2, 0.25) is 0 Å². The molecular formula is C16H26N2O4. The SMILES string of the molecule is COc1ccc(C(C)(CN)CO)c(NC(=O)OC(C)(C)C)c1. The van der Waals surface area contributed by atoms with Crippen LogP contribution in [-0.2, 0) is 10.2 Å². The Hall–Kier alpha value is -1.79. The largest absolute Gasteiger partial charge is 0.497 e. The van der Waals surface area contributed by atoms with Crippen LogP contribution in [0.1, 0.15) is 33.3 Å². The van der Waals surface area contributed by atoms with Crippen molar-refractivity contribution >= 4 is 11.8 Å². The zero-order valence-electron chi connectivity index (χ0n) is 13.9. The Morgan fingerprint density at radius 2 is 1.95 bits per heavy atom. The molecule has 0 heterocycles. The molecule has 1 amide bonds. The summed E-state index contributed by atoms with van der Waals surface area (Å²) in [6, 6.07) is 5.23. The highest BCUT2D eigenvalue weighted by Crippen LogP contribution is 2.32. The summed E-state index contributed by atoms with van der Waals surface area (Å²) in [5, 5.41) is 12.4. The van der Waals surface area contributed by atoms with Crippen LogP contribution < -0.4 is 15.8 Å². The van der Waals surface area contributed by atoms with Crippen LogP contribution in [0.3, 0.4) is 0 Å². The molecule has 6 nitrogen and oxygen atoms in total. The molecule has 1 aromatic carbocycles. The van der Waals surface area contributed by atoms with Crippen LogP contribution >= 0.6 is 0 Å². The van der Waals surface area contributed by atoms with Gasteiger partial charge in [0.15, 0.2) is 0 Å². The van der Waals surface area contributed by atoms with Gasteiger partial charge in [-0.1, -0.05) is 13.0 Å². The van der Waals surface area contributed by atoms with Gasteiger partial charge in [0, 0.05) is 18.0 Å². The van der Waals surface area contributed by atoms with Crippen LogP contribution in [0.4, 0.5) is 10.5 Å². The first-order valence-electron chi connectivity index (χ1n) is 7.14. The molecule has 0 fully saturated rings. The van der Waals surface area contributed by atoms with Gasteiger partial charge in [0.05, 0.1) is 19.4 Å². The number of ether oxygens (including phenoxy) is 2. The van der Waals surface area contributed by atoms with Gasteiger partial charge in [-0.25, -0.2) is 4.79 Å². The molecule has 0 aliphatic carbocycles. The van der Waals surface area contributed by atoms with Gasteiger partial charge >= 0.3 is 6.09 Å². The molecule has 1 atom stereocenters. The zero-order valence-corrected chi connectivity index (χ0v) is 13.9. The number of aliphatic hydroxyl groups excluding tert-OH is 1. The summed E-state index contributed by atoms with van der Waals surface area (Å²) in [6.45, 7) is 7.29. The Morgan fingerprint density at radius 3 is 2.41 bits per heavy atom. The molecule has 0 aromatic heterocycles. The maximum Gasteiger partial charge on any atom is 0.412 e. The summed E-state index contributed by atoms with van der Waals surface area (Å²) in [5.74, 6) is 0.590. The van der Waals surface area contributed by atoms with Gasteiger partial charge in [0.1, 0.15) is 11.4 Å². The standard InChI is InChI=1S/C16H26N2O4/c1-15(2,3)22-14(20)18-13-8-11(21-5)6-7-12(13)16(4,9-17)10-19/h6-8,19H,9-10,17H2,1-5H3,(H,18,20). The monoisotopic (exact) mass is 310 g/mol. The highest BCUT2D eigenvalue weighted by molar-refractivity contribution is 5.86. The van der Waals surface area contributed by atoms with Crippen molar-refractivity contribution in [2.24, 2.45) is 5.73 Å². The molecule has 4 N–H and O–H groups in total. The number of hydrogen-bond acceptors (Lipinski definition) is 5. The average Bonchev–Trinajstić information content (AvgIpc) is 2.44. The molecule has 1 unspecified atom stereocenters. The molecule has 124 valence electrons. The highest BCUT2D eigenvalue weighted by Gasteiger charge is 2.28. The fourth-order valence-electron chi connectivity index (χ4n) is 1.95. The lowest BCUT2D eigenvalue weighted by molar-refractivity contribution is 0.0635. The van der Waals surface area contributed by atoms with Crippen molar-refractivity contribution in [1.82, 2.24) is 0 Å². The van der Waals surface area contributed by atoms with Crippen LogP contribution in [0, 0.1) is 0 Å². The Morgan fingerprint density at radius 1 is 1.32 bits per heavy atom. The highest BCUT2D eigenvalue weighted by atomic mass is 16.6. The van der Waals surface area contributed by atoms with E-state index in [2.05, 4.69) is 5.32 Å². The van der Waals surface area contributed by atoms with Crippen molar-refractivity contribution in [3.8, 4) is 5.75 Å². The van der Waals surface area contributed by atoms with Crippen molar-refractivity contribution in [3.63, 3.8) is 0 Å². The Bertz CT molecular complexity index is 519. The van der Waals surface area contributed by atoms with Crippen molar-refractivity contribution in [2.45, 2.75) is 38.7 Å². The maximum atomic E-state index is 12.0. The number of carbonyl (C=O) groups is 1. The number of amides is 1. The van der Waals surface area contributed by atoms with Crippen LogP contribution in [-0.4, -0.2) is 37.1 Å². The van der Waals surface area contributed by atoms with Crippen LogP contribution in [0.5, 0.6) is 5.75 Å². The van der Waals surface area contributed by atoms with Gasteiger partial charge in [0.25, 0.3) is 0 Å². The second kappa shape index (κ2) is 6.98. The number of benzene rings is 1. The van der Waals surface area contributed by atoms with E-state index in [1.165, 1.54) is 0 Å². The molecule has 1 rings (SSSR count). The number of aliphatic hydroxyl groups is 1. The molecule has 0 saturated heterocycles. The molecule has 22 heavy (non-hydrogen) atoms. The van der Waals surface area contributed by atoms with Crippen molar-refractivity contribution in [2.75, 3.05) is 25.6 Å². The first-order valence-corrected chi connectivity index (χ1v) is 7.14. The van der Waals surface area contributed by atoms with Crippen molar-refractivity contribution in [3.05, 3.63) is 23.8 Å². The number of nitrogens with one attached hydrogen (secondary N) is 1. The number of rotatable bonds is 5. The maximum absolute atomic E-state index is 12.0. The van der Waals surface area contributed by atoms with E-state index < -0.39 is 17.1 Å². The molecule has 0 saturated carbocycles. The third-order valence-electron chi connectivity index (χ3n) is 3.31. The predicted molar refractivity (Wildman–Crippen MR) is 86.3 cm³/mol. The quantitative estimate of drug-likeness (QED) is 0.775. The zero-order chi connectivity index (χ0) is 17.0. The molecule has 0 aliphatic rings. The fourth-order valence-corrected chi connectivity index (χ4v) is 1.95. The summed E-state index contributed by atoms with van der Waals surface area (Å²) in [4.78, 5) is 12.0. The van der Waals surface area contributed by atoms with E-state index in [4.69, 9.17) is 15.2 Å². The first kappa shape index (κ1) is 18.3. The minimum Gasteiger partial charge on any atom is -0.497 e. The number of nitrogens with two attached hydrogens (primary N) is 1. The van der Waals surface area contributed by atoms with Crippen LogP contribution in [0.25, 0.3) is 0 Å². The molecule has 6 heteroatoms. The smallest absolute Gasteiger partial charge is 0.412 e. The third kappa shape index (κ3) is 4.61. The van der Waals surface area contributed by atoms with E-state index in [1.807, 2.05) is 6.92 Å². The average molecular weight is 310 g/mol. The Labute approximate surface area is 131 Å². The Balaban J connectivity index is 3.17. The lowest BCUT2D eigenvalue weighted by atomic mass is 9.82. The van der Waals surface area contributed by atoms with Gasteiger partial charge in [0.2, 0.25) is 0 Å². The third-order valence-corrected chi connectivity index (χ3v) is 3.31. The number of carbonyl (C=O) groups excluding carboxylic acids is 1. The van der Waals surface area contributed by atoms with Crippen molar-refractivity contribution < 1.29 is 19.4 Å².